The van der Waals surface area contributed by atoms with Gasteiger partial charge in [-0.15, -0.1) is 0 Å². The molecule has 1 aliphatic heterocycles. The van der Waals surface area contributed by atoms with E-state index in [1.54, 1.807) is 12.3 Å². The highest BCUT2D eigenvalue weighted by Crippen LogP contribution is 2.23. The highest BCUT2D eigenvalue weighted by molar-refractivity contribution is 6.33. The van der Waals surface area contributed by atoms with Gasteiger partial charge in [0.15, 0.2) is 0 Å². The maximum absolute atomic E-state index is 12.3. The van der Waals surface area contributed by atoms with Crippen LogP contribution in [0.25, 0.3) is 0 Å². The largest absolute Gasteiger partial charge is 0.381 e. The third-order valence-corrected chi connectivity index (χ3v) is 3.75. The minimum absolute atomic E-state index is 0.146. The average molecular weight is 298 g/mol. The lowest BCUT2D eigenvalue weighted by Crippen LogP contribution is -2.49. The molecule has 0 aromatic carbocycles. The van der Waals surface area contributed by atoms with Gasteiger partial charge < -0.3 is 15.4 Å². The van der Waals surface area contributed by atoms with E-state index in [9.17, 15) is 4.79 Å². The van der Waals surface area contributed by atoms with E-state index in [2.05, 4.69) is 15.6 Å². The summed E-state index contributed by atoms with van der Waals surface area (Å²) in [6.45, 7) is 6.08. The number of aromatic nitrogens is 1. The van der Waals surface area contributed by atoms with Crippen molar-refractivity contribution in [1.29, 1.82) is 0 Å². The monoisotopic (exact) mass is 297 g/mol. The Hall–Kier alpha value is -1.33. The molecule has 0 radical (unpaired) electrons. The second-order valence-electron chi connectivity index (χ2n) is 5.21. The van der Waals surface area contributed by atoms with E-state index >= 15 is 0 Å². The van der Waals surface area contributed by atoms with Gasteiger partial charge in [0.1, 0.15) is 5.82 Å². The van der Waals surface area contributed by atoms with Gasteiger partial charge >= 0.3 is 0 Å². The van der Waals surface area contributed by atoms with E-state index in [1.165, 1.54) is 0 Å². The summed E-state index contributed by atoms with van der Waals surface area (Å²) in [5, 5.41) is 6.55. The number of rotatable bonds is 4. The van der Waals surface area contributed by atoms with Crippen molar-refractivity contribution in [3.05, 3.63) is 22.8 Å². The molecule has 1 aromatic rings. The predicted octanol–water partition coefficient (Wildman–Crippen LogP) is 2.47. The normalized spacial score (nSPS) is 17.6. The zero-order valence-electron chi connectivity index (χ0n) is 11.8. The van der Waals surface area contributed by atoms with Crippen molar-refractivity contribution < 1.29 is 9.53 Å². The van der Waals surface area contributed by atoms with Crippen molar-refractivity contribution in [1.82, 2.24) is 10.3 Å². The van der Waals surface area contributed by atoms with Crippen LogP contribution in [0.4, 0.5) is 5.82 Å². The Labute approximate surface area is 124 Å². The number of nitrogens with one attached hydrogen (secondary N) is 2. The number of carbonyl (C=O) groups is 1. The number of hydrogen-bond acceptors (Lipinski definition) is 4. The van der Waals surface area contributed by atoms with Crippen LogP contribution in [0.3, 0.4) is 0 Å². The van der Waals surface area contributed by atoms with Crippen molar-refractivity contribution >= 4 is 23.3 Å². The molecule has 0 bridgehead atoms. The molecule has 0 saturated carbocycles. The van der Waals surface area contributed by atoms with Gasteiger partial charge in [-0.25, -0.2) is 4.98 Å². The molecule has 5 nitrogen and oxygen atoms in total. The molecule has 110 valence electrons. The van der Waals surface area contributed by atoms with Gasteiger partial charge in [-0.1, -0.05) is 11.6 Å². The van der Waals surface area contributed by atoms with Gasteiger partial charge in [-0.3, -0.25) is 4.79 Å². The van der Waals surface area contributed by atoms with E-state index in [0.717, 1.165) is 19.4 Å². The Balaban J connectivity index is 2.07. The number of hydrogen-bond donors (Lipinski definition) is 2. The minimum atomic E-state index is -0.220. The fourth-order valence-electron chi connectivity index (χ4n) is 2.15. The van der Waals surface area contributed by atoms with Crippen LogP contribution in [0, 0.1) is 0 Å². The number of amides is 1. The van der Waals surface area contributed by atoms with Crippen LogP contribution < -0.4 is 10.6 Å². The quantitative estimate of drug-likeness (QED) is 0.896. The van der Waals surface area contributed by atoms with Crippen molar-refractivity contribution in [2.24, 2.45) is 0 Å². The smallest absolute Gasteiger partial charge is 0.253 e. The Morgan fingerprint density at radius 1 is 1.50 bits per heavy atom. The lowest BCUT2D eigenvalue weighted by Gasteiger charge is -2.34. The summed E-state index contributed by atoms with van der Waals surface area (Å²) in [4.78, 5) is 16.4. The van der Waals surface area contributed by atoms with Crippen LogP contribution in [-0.2, 0) is 4.74 Å². The molecule has 1 aliphatic rings. The number of halogens is 1. The van der Waals surface area contributed by atoms with E-state index in [1.807, 2.05) is 13.8 Å². The topological polar surface area (TPSA) is 63.2 Å². The maximum Gasteiger partial charge on any atom is 0.253 e. The summed E-state index contributed by atoms with van der Waals surface area (Å²) in [6, 6.07) is 1.64. The SMILES string of the molecule is CCNc1ncc(C(=O)NC2(C)CCOCC2)cc1Cl. The molecule has 2 N–H and O–H groups in total. The first-order valence-electron chi connectivity index (χ1n) is 6.84. The highest BCUT2D eigenvalue weighted by Gasteiger charge is 2.29. The molecule has 20 heavy (non-hydrogen) atoms. The van der Waals surface area contributed by atoms with Crippen molar-refractivity contribution in [3.63, 3.8) is 0 Å². The third kappa shape index (κ3) is 3.61. The summed E-state index contributed by atoms with van der Waals surface area (Å²) in [5.74, 6) is 0.454. The van der Waals surface area contributed by atoms with E-state index < -0.39 is 0 Å². The van der Waals surface area contributed by atoms with Crippen molar-refractivity contribution in [2.45, 2.75) is 32.2 Å². The van der Waals surface area contributed by atoms with Gasteiger partial charge in [0.05, 0.1) is 10.6 Å². The second kappa shape index (κ2) is 6.41. The number of carbonyl (C=O) groups excluding carboxylic acids is 1. The highest BCUT2D eigenvalue weighted by atomic mass is 35.5. The number of anilines is 1. The Kier molecular flexibility index (Phi) is 4.83. The van der Waals surface area contributed by atoms with E-state index in [0.29, 0.717) is 29.6 Å². The molecular formula is C14H20ClN3O2. The Bertz CT molecular complexity index is 487. The maximum atomic E-state index is 12.3. The molecule has 1 fully saturated rings. The summed E-state index contributed by atoms with van der Waals surface area (Å²) in [5.41, 5.74) is 0.256. The first-order valence-corrected chi connectivity index (χ1v) is 7.21. The molecule has 0 atom stereocenters. The fourth-order valence-corrected chi connectivity index (χ4v) is 2.39. The molecule has 2 heterocycles. The molecule has 0 unspecified atom stereocenters. The van der Waals surface area contributed by atoms with Crippen molar-refractivity contribution in [3.8, 4) is 0 Å². The summed E-state index contributed by atoms with van der Waals surface area (Å²) in [7, 11) is 0. The summed E-state index contributed by atoms with van der Waals surface area (Å²) < 4.78 is 5.32. The summed E-state index contributed by atoms with van der Waals surface area (Å²) in [6.07, 6.45) is 3.17. The molecule has 0 spiro atoms. The van der Waals surface area contributed by atoms with Crippen LogP contribution in [-0.4, -0.2) is 36.2 Å². The van der Waals surface area contributed by atoms with Crippen LogP contribution >= 0.6 is 11.6 Å². The zero-order chi connectivity index (χ0) is 14.6. The zero-order valence-corrected chi connectivity index (χ0v) is 12.6. The third-order valence-electron chi connectivity index (χ3n) is 3.46. The summed E-state index contributed by atoms with van der Waals surface area (Å²) >= 11 is 6.10. The fraction of sp³-hybridized carbons (Fsp3) is 0.571. The molecule has 0 aliphatic carbocycles. The van der Waals surface area contributed by atoms with E-state index in [-0.39, 0.29) is 11.4 Å². The van der Waals surface area contributed by atoms with Gasteiger partial charge in [-0.2, -0.15) is 0 Å². The molecule has 6 heteroatoms. The van der Waals surface area contributed by atoms with Gasteiger partial charge in [0, 0.05) is 31.5 Å². The van der Waals surface area contributed by atoms with Crippen LogP contribution in [0.2, 0.25) is 5.02 Å². The Morgan fingerprint density at radius 3 is 2.80 bits per heavy atom. The second-order valence-corrected chi connectivity index (χ2v) is 5.62. The minimum Gasteiger partial charge on any atom is -0.381 e. The number of nitrogens with zero attached hydrogens (tertiary/aromatic N) is 1. The number of pyridine rings is 1. The van der Waals surface area contributed by atoms with Gasteiger partial charge in [0.25, 0.3) is 5.91 Å². The molecule has 2 rings (SSSR count). The van der Waals surface area contributed by atoms with Crippen LogP contribution in [0.5, 0.6) is 0 Å². The number of ether oxygens (including phenoxy) is 1. The van der Waals surface area contributed by atoms with Crippen molar-refractivity contribution in [2.75, 3.05) is 25.1 Å². The first-order chi connectivity index (χ1) is 9.54. The molecular weight excluding hydrogens is 278 g/mol. The molecule has 1 saturated heterocycles. The van der Waals surface area contributed by atoms with E-state index in [4.69, 9.17) is 16.3 Å². The lowest BCUT2D eigenvalue weighted by atomic mass is 9.92. The lowest BCUT2D eigenvalue weighted by molar-refractivity contribution is 0.0423. The first kappa shape index (κ1) is 15.1. The molecule has 1 aromatic heterocycles. The Morgan fingerprint density at radius 2 is 2.20 bits per heavy atom. The average Bonchev–Trinajstić information content (AvgIpc) is 2.41. The molecule has 1 amide bonds. The van der Waals surface area contributed by atoms with Gasteiger partial charge in [-0.05, 0) is 32.8 Å². The van der Waals surface area contributed by atoms with Crippen LogP contribution in [0.1, 0.15) is 37.0 Å². The predicted molar refractivity (Wildman–Crippen MR) is 79.3 cm³/mol. The van der Waals surface area contributed by atoms with Crippen LogP contribution in [0.15, 0.2) is 12.3 Å². The van der Waals surface area contributed by atoms with Gasteiger partial charge in [0.2, 0.25) is 0 Å². The standard InChI is InChI=1S/C14H20ClN3O2/c1-3-16-12-11(15)8-10(9-17-12)13(19)18-14(2)4-6-20-7-5-14/h8-9H,3-7H2,1-2H3,(H,16,17)(H,18,19).